The summed E-state index contributed by atoms with van der Waals surface area (Å²) >= 11 is 0. The molecule has 70 valence electrons. The zero-order valence-corrected chi connectivity index (χ0v) is 7.66. The fourth-order valence-corrected chi connectivity index (χ4v) is 1.43. The van der Waals surface area contributed by atoms with Crippen LogP contribution in [-0.4, -0.2) is 16.2 Å². The van der Waals surface area contributed by atoms with E-state index < -0.39 is 0 Å². The van der Waals surface area contributed by atoms with Gasteiger partial charge in [-0.3, -0.25) is 0 Å². The first kappa shape index (κ1) is 8.44. The smallest absolute Gasteiger partial charge is 0.223 e. The molecule has 1 N–H and O–H groups in total. The summed E-state index contributed by atoms with van der Waals surface area (Å²) in [6.45, 7) is 2.50. The fraction of sp³-hybridized carbons (Fsp3) is 0.556. The molecule has 1 aromatic rings. The topological polar surface area (TPSA) is 51.0 Å². The summed E-state index contributed by atoms with van der Waals surface area (Å²) in [6, 6.07) is 0.554. The van der Waals surface area contributed by atoms with Crippen molar-refractivity contribution in [3.05, 3.63) is 23.9 Å². The first-order valence-electron chi connectivity index (χ1n) is 4.52. The third-order valence-electron chi connectivity index (χ3n) is 2.13. The molecule has 0 spiro atoms. The van der Waals surface area contributed by atoms with Crippen LogP contribution in [0.2, 0.25) is 0 Å². The lowest BCUT2D eigenvalue weighted by molar-refractivity contribution is 0.383. The van der Waals surface area contributed by atoms with Crippen molar-refractivity contribution in [3.63, 3.8) is 0 Å². The number of aromatic nitrogens is 2. The summed E-state index contributed by atoms with van der Waals surface area (Å²) in [4.78, 5) is 4.11. The molecule has 0 aliphatic heterocycles. The second-order valence-corrected chi connectivity index (χ2v) is 3.25. The van der Waals surface area contributed by atoms with Gasteiger partial charge in [0.1, 0.15) is 0 Å². The van der Waals surface area contributed by atoms with Gasteiger partial charge in [-0.2, -0.15) is 4.98 Å². The molecule has 0 saturated heterocycles. The van der Waals surface area contributed by atoms with Crippen molar-refractivity contribution >= 4 is 0 Å². The number of rotatable bonds is 3. The highest BCUT2D eigenvalue weighted by molar-refractivity contribution is 4.98. The molecule has 0 saturated carbocycles. The average Bonchev–Trinajstić information content (AvgIpc) is 2.71. The Labute approximate surface area is 77.0 Å². The van der Waals surface area contributed by atoms with Gasteiger partial charge < -0.3 is 9.84 Å². The summed E-state index contributed by atoms with van der Waals surface area (Å²) in [5, 5.41) is 7.17. The van der Waals surface area contributed by atoms with E-state index in [2.05, 4.69) is 27.6 Å². The van der Waals surface area contributed by atoms with E-state index in [4.69, 9.17) is 4.52 Å². The Hall–Kier alpha value is -1.16. The summed E-state index contributed by atoms with van der Waals surface area (Å²) < 4.78 is 4.86. The molecule has 0 fully saturated rings. The van der Waals surface area contributed by atoms with Crippen LogP contribution >= 0.6 is 0 Å². The van der Waals surface area contributed by atoms with Crippen LogP contribution in [0.25, 0.3) is 0 Å². The van der Waals surface area contributed by atoms with Crippen LogP contribution in [0, 0.1) is 6.92 Å². The van der Waals surface area contributed by atoms with Gasteiger partial charge in [0, 0.05) is 13.0 Å². The predicted molar refractivity (Wildman–Crippen MR) is 48.0 cm³/mol. The van der Waals surface area contributed by atoms with E-state index in [1.807, 2.05) is 0 Å². The van der Waals surface area contributed by atoms with E-state index in [0.29, 0.717) is 18.5 Å². The Morgan fingerprint density at radius 1 is 1.54 bits per heavy atom. The molecule has 0 bridgehead atoms. The van der Waals surface area contributed by atoms with Crippen LogP contribution in [-0.2, 0) is 6.54 Å². The minimum Gasteiger partial charge on any atom is -0.340 e. The van der Waals surface area contributed by atoms with Gasteiger partial charge >= 0.3 is 0 Å². The Kier molecular flexibility index (Phi) is 2.40. The molecule has 0 aromatic carbocycles. The van der Waals surface area contributed by atoms with Crippen molar-refractivity contribution in [2.75, 3.05) is 0 Å². The normalized spacial score (nSPS) is 17.0. The summed E-state index contributed by atoms with van der Waals surface area (Å²) in [5.41, 5.74) is 0. The standard InChI is InChI=1S/C9H13N3O/c1-7-11-9(12-13-7)6-10-8-4-2-3-5-8/h2-3,8,10H,4-6H2,1H3. The first-order valence-corrected chi connectivity index (χ1v) is 4.52. The lowest BCUT2D eigenvalue weighted by Gasteiger charge is -2.08. The average molecular weight is 179 g/mol. The van der Waals surface area contributed by atoms with Crippen molar-refractivity contribution in [2.24, 2.45) is 0 Å². The Morgan fingerprint density at radius 3 is 2.92 bits per heavy atom. The van der Waals surface area contributed by atoms with Crippen LogP contribution in [0.5, 0.6) is 0 Å². The lowest BCUT2D eigenvalue weighted by Crippen LogP contribution is -2.26. The van der Waals surface area contributed by atoms with Gasteiger partial charge in [0.25, 0.3) is 0 Å². The molecule has 4 heteroatoms. The zero-order chi connectivity index (χ0) is 9.10. The highest BCUT2D eigenvalue weighted by Gasteiger charge is 2.10. The molecular weight excluding hydrogens is 166 g/mol. The van der Waals surface area contributed by atoms with E-state index in [-0.39, 0.29) is 0 Å². The summed E-state index contributed by atoms with van der Waals surface area (Å²) in [7, 11) is 0. The molecule has 1 aromatic heterocycles. The van der Waals surface area contributed by atoms with Crippen LogP contribution in [0.3, 0.4) is 0 Å². The van der Waals surface area contributed by atoms with Gasteiger partial charge in [-0.25, -0.2) is 0 Å². The second kappa shape index (κ2) is 3.70. The van der Waals surface area contributed by atoms with E-state index in [1.54, 1.807) is 6.92 Å². The van der Waals surface area contributed by atoms with Crippen molar-refractivity contribution < 1.29 is 4.52 Å². The first-order chi connectivity index (χ1) is 6.34. The third-order valence-corrected chi connectivity index (χ3v) is 2.13. The Morgan fingerprint density at radius 2 is 2.31 bits per heavy atom. The largest absolute Gasteiger partial charge is 0.340 e. The van der Waals surface area contributed by atoms with Gasteiger partial charge in [0.2, 0.25) is 5.89 Å². The maximum absolute atomic E-state index is 4.86. The van der Waals surface area contributed by atoms with Crippen LogP contribution in [0.1, 0.15) is 24.6 Å². The van der Waals surface area contributed by atoms with Crippen molar-refractivity contribution in [3.8, 4) is 0 Å². The van der Waals surface area contributed by atoms with E-state index >= 15 is 0 Å². The van der Waals surface area contributed by atoms with Crippen LogP contribution in [0.15, 0.2) is 16.7 Å². The van der Waals surface area contributed by atoms with Gasteiger partial charge in [0.15, 0.2) is 5.82 Å². The molecular formula is C9H13N3O. The van der Waals surface area contributed by atoms with E-state index in [9.17, 15) is 0 Å². The maximum atomic E-state index is 4.86. The molecule has 13 heavy (non-hydrogen) atoms. The molecule has 0 amide bonds. The monoisotopic (exact) mass is 179 g/mol. The quantitative estimate of drug-likeness (QED) is 0.708. The summed E-state index contributed by atoms with van der Waals surface area (Å²) in [6.07, 6.45) is 6.60. The molecule has 0 radical (unpaired) electrons. The third kappa shape index (κ3) is 2.15. The minimum absolute atomic E-state index is 0.554. The highest BCUT2D eigenvalue weighted by atomic mass is 16.5. The van der Waals surface area contributed by atoms with Gasteiger partial charge in [-0.15, -0.1) is 0 Å². The number of aryl methyl sites for hydroxylation is 1. The number of hydrogen-bond donors (Lipinski definition) is 1. The molecule has 1 heterocycles. The second-order valence-electron chi connectivity index (χ2n) is 3.25. The SMILES string of the molecule is Cc1nc(CNC2CC=CC2)no1. The Balaban J connectivity index is 1.79. The van der Waals surface area contributed by atoms with Crippen molar-refractivity contribution in [1.82, 2.24) is 15.5 Å². The van der Waals surface area contributed by atoms with Gasteiger partial charge in [-0.1, -0.05) is 17.3 Å². The molecule has 4 nitrogen and oxygen atoms in total. The van der Waals surface area contributed by atoms with E-state index in [0.717, 1.165) is 18.7 Å². The predicted octanol–water partition coefficient (Wildman–Crippen LogP) is 1.19. The molecule has 1 aliphatic rings. The van der Waals surface area contributed by atoms with E-state index in [1.165, 1.54) is 0 Å². The van der Waals surface area contributed by atoms with Crippen molar-refractivity contribution in [1.29, 1.82) is 0 Å². The van der Waals surface area contributed by atoms with Gasteiger partial charge in [-0.05, 0) is 12.8 Å². The number of nitrogens with one attached hydrogen (secondary N) is 1. The molecule has 2 rings (SSSR count). The Bertz CT molecular complexity index is 298. The molecule has 1 aliphatic carbocycles. The van der Waals surface area contributed by atoms with Crippen LogP contribution < -0.4 is 5.32 Å². The summed E-state index contributed by atoms with van der Waals surface area (Å²) in [5.74, 6) is 1.37. The minimum atomic E-state index is 0.554. The number of nitrogens with zero attached hydrogens (tertiary/aromatic N) is 2. The van der Waals surface area contributed by atoms with Gasteiger partial charge in [0.05, 0.1) is 6.54 Å². The fourth-order valence-electron chi connectivity index (χ4n) is 1.43. The number of hydrogen-bond acceptors (Lipinski definition) is 4. The van der Waals surface area contributed by atoms with Crippen LogP contribution in [0.4, 0.5) is 0 Å². The maximum Gasteiger partial charge on any atom is 0.223 e. The molecule has 0 atom stereocenters. The lowest BCUT2D eigenvalue weighted by atomic mass is 10.2. The molecule has 0 unspecified atom stereocenters. The van der Waals surface area contributed by atoms with Crippen molar-refractivity contribution in [2.45, 2.75) is 32.4 Å². The highest BCUT2D eigenvalue weighted by Crippen LogP contribution is 2.09. The zero-order valence-electron chi connectivity index (χ0n) is 7.66.